The van der Waals surface area contributed by atoms with Crippen molar-refractivity contribution in [2.24, 2.45) is 11.7 Å². The van der Waals surface area contributed by atoms with E-state index in [1.807, 2.05) is 12.2 Å². The number of nitrogens with one attached hydrogen (secondary N) is 1. The van der Waals surface area contributed by atoms with E-state index in [1.165, 1.54) is 0 Å². The summed E-state index contributed by atoms with van der Waals surface area (Å²) in [6.07, 6.45) is 5.04. The third-order valence-electron chi connectivity index (χ3n) is 2.20. The predicted octanol–water partition coefficient (Wildman–Crippen LogP) is 0.663. The summed E-state index contributed by atoms with van der Waals surface area (Å²) in [5.41, 5.74) is 4.83. The van der Waals surface area contributed by atoms with E-state index in [0.29, 0.717) is 12.8 Å². The van der Waals surface area contributed by atoms with Crippen LogP contribution in [-0.2, 0) is 4.79 Å². The SMILES string of the molecule is NCC(F)(F)CNC(=O)C1CC=CC1. The number of carbonyl (C=O) groups excluding carboxylic acids is 1. The third kappa shape index (κ3) is 3.06. The van der Waals surface area contributed by atoms with Gasteiger partial charge in [-0.3, -0.25) is 4.79 Å². The van der Waals surface area contributed by atoms with Crippen LogP contribution in [-0.4, -0.2) is 24.9 Å². The molecule has 0 heterocycles. The first kappa shape index (κ1) is 11.1. The molecule has 0 aliphatic heterocycles. The third-order valence-corrected chi connectivity index (χ3v) is 2.20. The van der Waals surface area contributed by atoms with E-state index in [2.05, 4.69) is 5.32 Å². The second-order valence-corrected chi connectivity index (χ2v) is 3.42. The zero-order valence-corrected chi connectivity index (χ0v) is 7.80. The van der Waals surface area contributed by atoms with Crippen molar-refractivity contribution in [2.75, 3.05) is 13.1 Å². The van der Waals surface area contributed by atoms with E-state index in [1.54, 1.807) is 0 Å². The Morgan fingerprint density at radius 2 is 2.07 bits per heavy atom. The van der Waals surface area contributed by atoms with E-state index in [0.717, 1.165) is 0 Å². The van der Waals surface area contributed by atoms with Gasteiger partial charge in [0.15, 0.2) is 0 Å². The molecule has 0 aromatic rings. The molecule has 3 N–H and O–H groups in total. The quantitative estimate of drug-likeness (QED) is 0.661. The summed E-state index contributed by atoms with van der Waals surface area (Å²) in [6, 6.07) is 0. The molecule has 0 atom stereocenters. The van der Waals surface area contributed by atoms with Crippen molar-refractivity contribution < 1.29 is 13.6 Å². The number of rotatable bonds is 4. The fourth-order valence-corrected chi connectivity index (χ4v) is 1.26. The monoisotopic (exact) mass is 204 g/mol. The first-order valence-corrected chi connectivity index (χ1v) is 4.56. The van der Waals surface area contributed by atoms with Crippen LogP contribution in [0.15, 0.2) is 12.2 Å². The molecule has 14 heavy (non-hydrogen) atoms. The molecule has 0 fully saturated rings. The van der Waals surface area contributed by atoms with Crippen molar-refractivity contribution in [1.82, 2.24) is 5.32 Å². The van der Waals surface area contributed by atoms with E-state index in [4.69, 9.17) is 5.73 Å². The molecule has 0 unspecified atom stereocenters. The highest BCUT2D eigenvalue weighted by atomic mass is 19.3. The molecule has 1 aliphatic carbocycles. The Hall–Kier alpha value is -0.970. The summed E-state index contributed by atoms with van der Waals surface area (Å²) in [4.78, 5) is 11.3. The molecule has 80 valence electrons. The predicted molar refractivity (Wildman–Crippen MR) is 48.9 cm³/mol. The number of hydrogen-bond donors (Lipinski definition) is 2. The van der Waals surface area contributed by atoms with E-state index >= 15 is 0 Å². The lowest BCUT2D eigenvalue weighted by molar-refractivity contribution is -0.126. The second-order valence-electron chi connectivity index (χ2n) is 3.42. The number of halogens is 2. The second kappa shape index (κ2) is 4.50. The van der Waals surface area contributed by atoms with Crippen LogP contribution in [0.2, 0.25) is 0 Å². The number of carbonyl (C=O) groups is 1. The molecule has 1 rings (SSSR count). The zero-order chi connectivity index (χ0) is 10.6. The van der Waals surface area contributed by atoms with Gasteiger partial charge in [0.25, 0.3) is 5.92 Å². The Morgan fingerprint density at radius 1 is 1.50 bits per heavy atom. The molecule has 0 saturated carbocycles. The van der Waals surface area contributed by atoms with Crippen LogP contribution in [0.1, 0.15) is 12.8 Å². The summed E-state index contributed by atoms with van der Waals surface area (Å²) in [5, 5.41) is 2.21. The maximum atomic E-state index is 12.6. The van der Waals surface area contributed by atoms with Crippen LogP contribution in [0.25, 0.3) is 0 Å². The molecule has 1 aliphatic rings. The highest BCUT2D eigenvalue weighted by molar-refractivity contribution is 5.79. The van der Waals surface area contributed by atoms with Gasteiger partial charge >= 0.3 is 0 Å². The van der Waals surface area contributed by atoms with Crippen LogP contribution in [0, 0.1) is 5.92 Å². The van der Waals surface area contributed by atoms with E-state index in [9.17, 15) is 13.6 Å². The Morgan fingerprint density at radius 3 is 2.57 bits per heavy atom. The van der Waals surface area contributed by atoms with Crippen LogP contribution in [0.5, 0.6) is 0 Å². The molecule has 0 saturated heterocycles. The highest BCUT2D eigenvalue weighted by Crippen LogP contribution is 2.18. The average molecular weight is 204 g/mol. The van der Waals surface area contributed by atoms with Gasteiger partial charge < -0.3 is 11.1 Å². The van der Waals surface area contributed by atoms with Gasteiger partial charge in [-0.05, 0) is 12.8 Å². The van der Waals surface area contributed by atoms with Crippen molar-refractivity contribution in [3.8, 4) is 0 Å². The first-order chi connectivity index (χ1) is 6.55. The molecular weight excluding hydrogens is 190 g/mol. The van der Waals surface area contributed by atoms with E-state index in [-0.39, 0.29) is 11.8 Å². The molecule has 0 spiro atoms. The summed E-state index contributed by atoms with van der Waals surface area (Å²) in [6.45, 7) is -1.41. The molecule has 5 heteroatoms. The van der Waals surface area contributed by atoms with Crippen LogP contribution >= 0.6 is 0 Å². The molecule has 0 aromatic heterocycles. The molecule has 0 bridgehead atoms. The minimum atomic E-state index is -3.00. The summed E-state index contributed by atoms with van der Waals surface area (Å²) < 4.78 is 25.3. The largest absolute Gasteiger partial charge is 0.350 e. The minimum Gasteiger partial charge on any atom is -0.350 e. The zero-order valence-electron chi connectivity index (χ0n) is 7.80. The highest BCUT2D eigenvalue weighted by Gasteiger charge is 2.28. The van der Waals surface area contributed by atoms with Crippen LogP contribution in [0.4, 0.5) is 8.78 Å². The Bertz CT molecular complexity index is 233. The van der Waals surface area contributed by atoms with Gasteiger partial charge in [0, 0.05) is 5.92 Å². The first-order valence-electron chi connectivity index (χ1n) is 4.56. The molecular formula is C9H14F2N2O. The topological polar surface area (TPSA) is 55.1 Å². The van der Waals surface area contributed by atoms with Gasteiger partial charge in [0.2, 0.25) is 5.91 Å². The molecule has 0 radical (unpaired) electrons. The number of hydrogen-bond acceptors (Lipinski definition) is 2. The smallest absolute Gasteiger partial charge is 0.277 e. The van der Waals surface area contributed by atoms with Gasteiger partial charge in [-0.1, -0.05) is 12.2 Å². The Balaban J connectivity index is 2.27. The maximum Gasteiger partial charge on any atom is 0.277 e. The number of amides is 1. The van der Waals surface area contributed by atoms with Gasteiger partial charge in [0.1, 0.15) is 0 Å². The molecule has 3 nitrogen and oxygen atoms in total. The standard InChI is InChI=1S/C9H14F2N2O/c10-9(11,5-12)6-13-8(14)7-3-1-2-4-7/h1-2,7H,3-6,12H2,(H,13,14). The minimum absolute atomic E-state index is 0.177. The van der Waals surface area contributed by atoms with Gasteiger partial charge in [-0.2, -0.15) is 0 Å². The summed E-state index contributed by atoms with van der Waals surface area (Å²) in [7, 11) is 0. The van der Waals surface area contributed by atoms with Crippen molar-refractivity contribution in [3.05, 3.63) is 12.2 Å². The lowest BCUT2D eigenvalue weighted by Gasteiger charge is -2.16. The van der Waals surface area contributed by atoms with Crippen molar-refractivity contribution >= 4 is 5.91 Å². The molecule has 1 amide bonds. The van der Waals surface area contributed by atoms with Crippen LogP contribution in [0.3, 0.4) is 0 Å². The fraction of sp³-hybridized carbons (Fsp3) is 0.667. The van der Waals surface area contributed by atoms with Crippen molar-refractivity contribution in [2.45, 2.75) is 18.8 Å². The van der Waals surface area contributed by atoms with Gasteiger partial charge in [0.05, 0.1) is 13.1 Å². The lowest BCUT2D eigenvalue weighted by Crippen LogP contribution is -2.43. The normalized spacial score (nSPS) is 17.4. The number of nitrogens with two attached hydrogens (primary N) is 1. The van der Waals surface area contributed by atoms with Crippen LogP contribution < -0.4 is 11.1 Å². The number of alkyl halides is 2. The number of allylic oxidation sites excluding steroid dienone is 2. The van der Waals surface area contributed by atoms with Gasteiger partial charge in [-0.25, -0.2) is 8.78 Å². The van der Waals surface area contributed by atoms with Crippen molar-refractivity contribution in [1.29, 1.82) is 0 Å². The summed E-state index contributed by atoms with van der Waals surface area (Å²) in [5.74, 6) is -3.49. The fourth-order valence-electron chi connectivity index (χ4n) is 1.26. The summed E-state index contributed by atoms with van der Waals surface area (Å²) >= 11 is 0. The Labute approximate surface area is 81.3 Å². The lowest BCUT2D eigenvalue weighted by atomic mass is 10.1. The molecule has 0 aromatic carbocycles. The van der Waals surface area contributed by atoms with Crippen molar-refractivity contribution in [3.63, 3.8) is 0 Å². The van der Waals surface area contributed by atoms with E-state index < -0.39 is 19.0 Å². The Kier molecular flexibility index (Phi) is 3.57. The van der Waals surface area contributed by atoms with Gasteiger partial charge in [-0.15, -0.1) is 0 Å². The average Bonchev–Trinajstić information content (AvgIpc) is 2.67. The maximum absolute atomic E-state index is 12.6.